The van der Waals surface area contributed by atoms with E-state index >= 15 is 0 Å². The van der Waals surface area contributed by atoms with Crippen LogP contribution >= 0.6 is 24.0 Å². The van der Waals surface area contributed by atoms with Gasteiger partial charge in [0.25, 0.3) is 8.03 Å². The Bertz CT molecular complexity index is 595. The molecular weight excluding hydrogens is 287 g/mol. The lowest BCUT2D eigenvalue weighted by Gasteiger charge is -2.20. The normalized spacial score (nSPS) is 17.2. The molecule has 2 aromatic rings. The van der Waals surface area contributed by atoms with Gasteiger partial charge in [0.1, 0.15) is 5.75 Å². The highest BCUT2D eigenvalue weighted by Crippen LogP contribution is 2.43. The van der Waals surface area contributed by atoms with Gasteiger partial charge in [-0.3, -0.25) is 4.57 Å². The van der Waals surface area contributed by atoms with Crippen LogP contribution in [0.2, 0.25) is 0 Å². The van der Waals surface area contributed by atoms with Gasteiger partial charge in [0, 0.05) is 10.0 Å². The molecule has 0 radical (unpaired) electrons. The molecule has 2 aromatic carbocycles. The monoisotopic (exact) mass is 294 g/mol. The summed E-state index contributed by atoms with van der Waals surface area (Å²) in [4.78, 5) is 0. The quantitative estimate of drug-likeness (QED) is 0.694. The van der Waals surface area contributed by atoms with Gasteiger partial charge in [-0.05, 0) is 29.8 Å². The van der Waals surface area contributed by atoms with Gasteiger partial charge in [-0.2, -0.15) is 0 Å². The van der Waals surface area contributed by atoms with Crippen LogP contribution < -0.4 is 9.83 Å². The summed E-state index contributed by atoms with van der Waals surface area (Å²) in [5.41, 5.74) is 2.00. The molecule has 0 aliphatic carbocycles. The maximum absolute atomic E-state index is 11.9. The highest BCUT2D eigenvalue weighted by molar-refractivity contribution is 9.10. The van der Waals surface area contributed by atoms with E-state index in [-0.39, 0.29) is 0 Å². The zero-order chi connectivity index (χ0) is 11.1. The Balaban J connectivity index is 2.33. The minimum absolute atomic E-state index is 0.700. The predicted octanol–water partition coefficient (Wildman–Crippen LogP) is 3.61. The van der Waals surface area contributed by atoms with Gasteiger partial charge in [0.2, 0.25) is 0 Å². The minimum Gasteiger partial charge on any atom is -0.441 e. The van der Waals surface area contributed by atoms with E-state index in [1.54, 1.807) is 0 Å². The van der Waals surface area contributed by atoms with E-state index in [4.69, 9.17) is 4.52 Å². The highest BCUT2D eigenvalue weighted by Gasteiger charge is 2.21. The molecule has 1 heterocycles. The van der Waals surface area contributed by atoms with Crippen molar-refractivity contribution < 1.29 is 9.09 Å². The van der Waals surface area contributed by atoms with Crippen LogP contribution in [0, 0.1) is 0 Å². The molecule has 0 saturated carbocycles. The number of fused-ring (bicyclic) bond motifs is 3. The Hall–Kier alpha value is -1.05. The summed E-state index contributed by atoms with van der Waals surface area (Å²) in [5.74, 6) is 0.700. The molecule has 80 valence electrons. The number of halogens is 1. The molecule has 16 heavy (non-hydrogen) atoms. The second-order valence-corrected chi connectivity index (χ2v) is 5.81. The van der Waals surface area contributed by atoms with E-state index in [1.165, 1.54) is 0 Å². The minimum atomic E-state index is -2.14. The standard InChI is InChI=1S/C12H8BrO2P/c13-8-5-6-11-10(7-8)9-3-1-2-4-12(9)16(14)15-11/h1-7,16H. The number of hydrogen-bond donors (Lipinski definition) is 0. The van der Waals surface area contributed by atoms with Gasteiger partial charge < -0.3 is 4.52 Å². The second kappa shape index (κ2) is 3.76. The molecule has 1 atom stereocenters. The van der Waals surface area contributed by atoms with Crippen molar-refractivity contribution in [2.75, 3.05) is 0 Å². The zero-order valence-corrected chi connectivity index (χ0v) is 10.8. The van der Waals surface area contributed by atoms with E-state index in [0.717, 1.165) is 20.9 Å². The predicted molar refractivity (Wildman–Crippen MR) is 68.8 cm³/mol. The summed E-state index contributed by atoms with van der Waals surface area (Å²) in [6.45, 7) is 0. The first-order valence-corrected chi connectivity index (χ1v) is 6.98. The average Bonchev–Trinajstić information content (AvgIpc) is 2.31. The average molecular weight is 295 g/mol. The molecule has 0 saturated heterocycles. The lowest BCUT2D eigenvalue weighted by molar-refractivity contribution is 0.513. The molecule has 0 N–H and O–H groups in total. The summed E-state index contributed by atoms with van der Waals surface area (Å²) in [7, 11) is -2.14. The van der Waals surface area contributed by atoms with E-state index in [9.17, 15) is 4.57 Å². The zero-order valence-electron chi connectivity index (χ0n) is 8.24. The summed E-state index contributed by atoms with van der Waals surface area (Å²) in [5, 5.41) is 0.804. The van der Waals surface area contributed by atoms with Crippen LogP contribution in [0.4, 0.5) is 0 Å². The molecule has 0 spiro atoms. The summed E-state index contributed by atoms with van der Waals surface area (Å²) in [6.07, 6.45) is 0. The Morgan fingerprint density at radius 3 is 2.75 bits per heavy atom. The number of hydrogen-bond acceptors (Lipinski definition) is 2. The van der Waals surface area contributed by atoms with Crippen LogP contribution in [-0.4, -0.2) is 0 Å². The van der Waals surface area contributed by atoms with Gasteiger partial charge in [-0.15, -0.1) is 0 Å². The first-order valence-electron chi connectivity index (χ1n) is 4.87. The van der Waals surface area contributed by atoms with Gasteiger partial charge in [-0.1, -0.05) is 34.1 Å². The fraction of sp³-hybridized carbons (Fsp3) is 0. The second-order valence-electron chi connectivity index (χ2n) is 3.58. The molecule has 4 heteroatoms. The largest absolute Gasteiger partial charge is 0.441 e. The molecule has 3 rings (SSSR count). The van der Waals surface area contributed by atoms with Crippen molar-refractivity contribution in [2.45, 2.75) is 0 Å². The van der Waals surface area contributed by atoms with Crippen LogP contribution in [0.25, 0.3) is 11.1 Å². The molecule has 0 bridgehead atoms. The SMILES string of the molecule is O=[PH]1Oc2ccc(Br)cc2-c2ccccc21. The van der Waals surface area contributed by atoms with Crippen molar-refractivity contribution in [1.82, 2.24) is 0 Å². The van der Waals surface area contributed by atoms with Crippen LogP contribution in [0.3, 0.4) is 0 Å². The Kier molecular flexibility index (Phi) is 2.38. The summed E-state index contributed by atoms with van der Waals surface area (Å²) < 4.78 is 18.3. The maximum atomic E-state index is 11.9. The third-order valence-corrected chi connectivity index (χ3v) is 4.36. The molecule has 0 aromatic heterocycles. The van der Waals surface area contributed by atoms with Crippen LogP contribution in [0.5, 0.6) is 5.75 Å². The first kappa shape index (κ1) is 10.1. The molecular formula is C12H8BrO2P. The van der Waals surface area contributed by atoms with Gasteiger partial charge in [0.05, 0.1) is 5.30 Å². The topological polar surface area (TPSA) is 26.3 Å². The van der Waals surface area contributed by atoms with E-state index < -0.39 is 8.03 Å². The van der Waals surface area contributed by atoms with Crippen LogP contribution in [-0.2, 0) is 4.57 Å². The van der Waals surface area contributed by atoms with Gasteiger partial charge >= 0.3 is 0 Å². The van der Waals surface area contributed by atoms with Gasteiger partial charge in [-0.25, -0.2) is 0 Å². The van der Waals surface area contributed by atoms with Crippen molar-refractivity contribution in [3.8, 4) is 16.9 Å². The van der Waals surface area contributed by atoms with Crippen molar-refractivity contribution in [3.63, 3.8) is 0 Å². The fourth-order valence-corrected chi connectivity index (χ4v) is 3.37. The fourth-order valence-electron chi connectivity index (χ4n) is 1.85. The first-order chi connectivity index (χ1) is 7.75. The van der Waals surface area contributed by atoms with Crippen LogP contribution in [0.15, 0.2) is 46.9 Å². The smallest absolute Gasteiger partial charge is 0.266 e. The molecule has 0 fully saturated rings. The Labute approximate surface area is 102 Å². The Morgan fingerprint density at radius 1 is 1.06 bits per heavy atom. The highest BCUT2D eigenvalue weighted by atomic mass is 79.9. The third-order valence-electron chi connectivity index (χ3n) is 2.58. The summed E-state index contributed by atoms with van der Waals surface area (Å²) in [6, 6.07) is 13.4. The van der Waals surface area contributed by atoms with Crippen LogP contribution in [0.1, 0.15) is 0 Å². The number of rotatable bonds is 0. The maximum Gasteiger partial charge on any atom is 0.266 e. The van der Waals surface area contributed by atoms with Crippen molar-refractivity contribution in [1.29, 1.82) is 0 Å². The van der Waals surface area contributed by atoms with Gasteiger partial charge in [0.15, 0.2) is 0 Å². The number of benzene rings is 2. The Morgan fingerprint density at radius 2 is 1.88 bits per heavy atom. The van der Waals surface area contributed by atoms with E-state index in [2.05, 4.69) is 15.9 Å². The lowest BCUT2D eigenvalue weighted by atomic mass is 10.0. The molecule has 0 amide bonds. The van der Waals surface area contributed by atoms with E-state index in [1.807, 2.05) is 42.5 Å². The molecule has 1 unspecified atom stereocenters. The molecule has 2 nitrogen and oxygen atoms in total. The van der Waals surface area contributed by atoms with Crippen molar-refractivity contribution >= 4 is 29.3 Å². The summed E-state index contributed by atoms with van der Waals surface area (Å²) >= 11 is 3.43. The lowest BCUT2D eigenvalue weighted by Crippen LogP contribution is -2.09. The third kappa shape index (κ3) is 1.51. The molecule has 1 aliphatic rings. The van der Waals surface area contributed by atoms with Crippen molar-refractivity contribution in [2.24, 2.45) is 0 Å². The van der Waals surface area contributed by atoms with Crippen molar-refractivity contribution in [3.05, 3.63) is 46.9 Å². The molecule has 1 aliphatic heterocycles. The van der Waals surface area contributed by atoms with E-state index in [0.29, 0.717) is 5.75 Å².